The van der Waals surface area contributed by atoms with Gasteiger partial charge in [-0.05, 0) is 36.8 Å². The van der Waals surface area contributed by atoms with Crippen LogP contribution in [-0.4, -0.2) is 52.3 Å². The first-order valence-corrected chi connectivity index (χ1v) is 7.18. The normalized spacial score (nSPS) is 13.7. The van der Waals surface area contributed by atoms with Gasteiger partial charge < -0.3 is 18.9 Å². The molecule has 0 aromatic rings. The molecule has 0 N–H and O–H groups in total. The molecule has 0 spiro atoms. The van der Waals surface area contributed by atoms with Crippen LogP contribution in [0, 0.1) is 0 Å². The Balaban J connectivity index is 3.17. The van der Waals surface area contributed by atoms with Crippen LogP contribution in [0.1, 0.15) is 25.7 Å². The third kappa shape index (κ3) is 4.21. The molecule has 0 radical (unpaired) electrons. The van der Waals surface area contributed by atoms with Crippen LogP contribution in [-0.2, 0) is 38.1 Å². The van der Waals surface area contributed by atoms with E-state index in [0.717, 1.165) is 0 Å². The summed E-state index contributed by atoms with van der Waals surface area (Å²) in [6.45, 7) is 0. The van der Waals surface area contributed by atoms with Crippen molar-refractivity contribution in [2.45, 2.75) is 25.7 Å². The van der Waals surface area contributed by atoms with E-state index in [2.05, 4.69) is 18.9 Å². The zero-order valence-electron chi connectivity index (χ0n) is 14.1. The first kappa shape index (κ1) is 19.4. The predicted octanol–water partition coefficient (Wildman–Crippen LogP) is 0.846. The van der Waals surface area contributed by atoms with Crippen molar-refractivity contribution in [1.29, 1.82) is 0 Å². The van der Waals surface area contributed by atoms with E-state index in [1.807, 2.05) is 0 Å². The fraction of sp³-hybridized carbons (Fsp3) is 0.500. The molecule has 24 heavy (non-hydrogen) atoms. The maximum Gasteiger partial charge on any atom is 0.345 e. The number of hydrogen-bond donors (Lipinski definition) is 0. The number of allylic oxidation sites excluding steroid dienone is 2. The molecule has 0 heterocycles. The average Bonchev–Trinajstić information content (AvgIpc) is 2.62. The van der Waals surface area contributed by atoms with Gasteiger partial charge in [0.15, 0.2) is 0 Å². The van der Waals surface area contributed by atoms with Gasteiger partial charge in [0.25, 0.3) is 0 Å². The van der Waals surface area contributed by atoms with Gasteiger partial charge in [-0.25, -0.2) is 19.2 Å². The number of ether oxygens (including phenoxy) is 4. The third-order valence-corrected chi connectivity index (χ3v) is 3.72. The molecule has 1 saturated carbocycles. The van der Waals surface area contributed by atoms with Crippen LogP contribution in [0.5, 0.6) is 0 Å². The number of hydrogen-bond acceptors (Lipinski definition) is 8. The van der Waals surface area contributed by atoms with E-state index in [-0.39, 0.29) is 11.1 Å². The van der Waals surface area contributed by atoms with Crippen LogP contribution in [0.25, 0.3) is 0 Å². The number of esters is 4. The fourth-order valence-electron chi connectivity index (χ4n) is 2.51. The van der Waals surface area contributed by atoms with Crippen molar-refractivity contribution in [3.8, 4) is 0 Å². The molecule has 0 amide bonds. The Labute approximate surface area is 139 Å². The second-order valence-electron chi connectivity index (χ2n) is 4.92. The number of carbonyl (C=O) groups excluding carboxylic acids is 4. The Hall–Kier alpha value is -2.64. The number of carbonyl (C=O) groups is 4. The quantitative estimate of drug-likeness (QED) is 0.244. The Morgan fingerprint density at radius 2 is 0.750 bits per heavy atom. The van der Waals surface area contributed by atoms with Crippen molar-refractivity contribution in [1.82, 2.24) is 0 Å². The molecule has 1 fully saturated rings. The van der Waals surface area contributed by atoms with Gasteiger partial charge in [-0.3, -0.25) is 0 Å². The molecule has 0 aromatic heterocycles. The molecule has 1 rings (SSSR count). The van der Waals surface area contributed by atoms with Gasteiger partial charge in [0, 0.05) is 0 Å². The minimum Gasteiger partial charge on any atom is -0.465 e. The second kappa shape index (κ2) is 8.85. The monoisotopic (exact) mass is 340 g/mol. The lowest BCUT2D eigenvalue weighted by Crippen LogP contribution is -2.22. The largest absolute Gasteiger partial charge is 0.465 e. The van der Waals surface area contributed by atoms with Crippen molar-refractivity contribution >= 4 is 23.9 Å². The maximum absolute atomic E-state index is 11.8. The molecule has 0 unspecified atom stereocenters. The Bertz CT molecular complexity index is 510. The van der Waals surface area contributed by atoms with Gasteiger partial charge in [0.05, 0.1) is 28.4 Å². The Morgan fingerprint density at radius 3 is 0.917 bits per heavy atom. The van der Waals surface area contributed by atoms with Gasteiger partial charge in [-0.1, -0.05) is 0 Å². The van der Waals surface area contributed by atoms with E-state index < -0.39 is 23.9 Å². The minimum atomic E-state index is -0.773. The first-order valence-electron chi connectivity index (χ1n) is 7.18. The van der Waals surface area contributed by atoms with Gasteiger partial charge in [0.1, 0.15) is 11.1 Å². The van der Waals surface area contributed by atoms with Crippen LogP contribution in [0.15, 0.2) is 22.3 Å². The van der Waals surface area contributed by atoms with Gasteiger partial charge in [0.2, 0.25) is 0 Å². The van der Waals surface area contributed by atoms with E-state index in [9.17, 15) is 19.2 Å². The summed E-state index contributed by atoms with van der Waals surface area (Å²) in [5.74, 6) is -3.09. The highest BCUT2D eigenvalue weighted by Crippen LogP contribution is 2.33. The smallest absolute Gasteiger partial charge is 0.345 e. The molecular formula is C16H20O8. The standard InChI is InChI=1S/C16H20O8/c1-21-13(17)11(14(18)22-2)9-5-7-10(8-6-9)12(15(19)23-3)16(20)24-4/h5-8H2,1-4H3. The number of methoxy groups -OCH3 is 4. The third-order valence-electron chi connectivity index (χ3n) is 3.72. The molecule has 1 aliphatic rings. The molecule has 8 nitrogen and oxygen atoms in total. The topological polar surface area (TPSA) is 105 Å². The molecule has 1 aliphatic carbocycles. The highest BCUT2D eigenvalue weighted by Gasteiger charge is 2.30. The van der Waals surface area contributed by atoms with Crippen LogP contribution < -0.4 is 0 Å². The summed E-state index contributed by atoms with van der Waals surface area (Å²) in [5.41, 5.74) is 0.839. The van der Waals surface area contributed by atoms with Crippen molar-refractivity contribution in [2.75, 3.05) is 28.4 Å². The summed E-state index contributed by atoms with van der Waals surface area (Å²) in [6, 6.07) is 0. The lowest BCUT2D eigenvalue weighted by molar-refractivity contribution is -0.146. The van der Waals surface area contributed by atoms with Gasteiger partial charge in [-0.15, -0.1) is 0 Å². The molecule has 8 heteroatoms. The van der Waals surface area contributed by atoms with Crippen LogP contribution in [0.3, 0.4) is 0 Å². The second-order valence-corrected chi connectivity index (χ2v) is 4.92. The van der Waals surface area contributed by atoms with Crippen LogP contribution in [0.2, 0.25) is 0 Å². The molecule has 0 aromatic carbocycles. The van der Waals surface area contributed by atoms with E-state index in [1.165, 1.54) is 28.4 Å². The molecule has 0 aliphatic heterocycles. The zero-order valence-corrected chi connectivity index (χ0v) is 14.1. The fourth-order valence-corrected chi connectivity index (χ4v) is 2.51. The molecule has 0 atom stereocenters. The zero-order chi connectivity index (χ0) is 18.3. The molecule has 0 saturated heterocycles. The lowest BCUT2D eigenvalue weighted by atomic mass is 9.85. The summed E-state index contributed by atoms with van der Waals surface area (Å²) in [6.07, 6.45) is 1.25. The average molecular weight is 340 g/mol. The number of rotatable bonds is 4. The highest BCUT2D eigenvalue weighted by atomic mass is 16.5. The summed E-state index contributed by atoms with van der Waals surface area (Å²) in [7, 11) is 4.69. The van der Waals surface area contributed by atoms with Gasteiger partial charge >= 0.3 is 23.9 Å². The molecule has 0 bridgehead atoms. The summed E-state index contributed by atoms with van der Waals surface area (Å²) < 4.78 is 18.5. The maximum atomic E-state index is 11.8. The lowest BCUT2D eigenvalue weighted by Gasteiger charge is -2.21. The SMILES string of the molecule is COC(=O)C(C(=O)OC)=C1CCC(=C(C(=O)OC)C(=O)OC)CC1. The summed E-state index contributed by atoms with van der Waals surface area (Å²) in [5, 5.41) is 0. The van der Waals surface area contributed by atoms with Crippen molar-refractivity contribution in [3.63, 3.8) is 0 Å². The highest BCUT2D eigenvalue weighted by molar-refractivity contribution is 6.15. The summed E-state index contributed by atoms with van der Waals surface area (Å²) >= 11 is 0. The van der Waals surface area contributed by atoms with Crippen molar-refractivity contribution in [3.05, 3.63) is 22.3 Å². The molecular weight excluding hydrogens is 320 g/mol. The predicted molar refractivity (Wildman–Crippen MR) is 80.6 cm³/mol. The molecule has 132 valence electrons. The van der Waals surface area contributed by atoms with E-state index in [4.69, 9.17) is 0 Å². The van der Waals surface area contributed by atoms with E-state index >= 15 is 0 Å². The van der Waals surface area contributed by atoms with Crippen molar-refractivity contribution < 1.29 is 38.1 Å². The first-order chi connectivity index (χ1) is 11.4. The van der Waals surface area contributed by atoms with Crippen LogP contribution in [0.4, 0.5) is 0 Å². The van der Waals surface area contributed by atoms with Crippen LogP contribution >= 0.6 is 0 Å². The van der Waals surface area contributed by atoms with Gasteiger partial charge in [-0.2, -0.15) is 0 Å². The Kier molecular flexibility index (Phi) is 7.16. The Morgan fingerprint density at radius 1 is 0.542 bits per heavy atom. The van der Waals surface area contributed by atoms with E-state index in [0.29, 0.717) is 36.8 Å². The van der Waals surface area contributed by atoms with Crippen molar-refractivity contribution in [2.24, 2.45) is 0 Å². The minimum absolute atomic E-state index is 0.142. The summed E-state index contributed by atoms with van der Waals surface area (Å²) in [4.78, 5) is 47.2. The van der Waals surface area contributed by atoms with E-state index in [1.54, 1.807) is 0 Å².